The molecule has 0 atom stereocenters. The number of nitrogens with one attached hydrogen (secondary N) is 1. The van der Waals surface area contributed by atoms with Crippen molar-refractivity contribution in [3.05, 3.63) is 52.5 Å². The maximum Gasteiger partial charge on any atom is 0.291 e. The van der Waals surface area contributed by atoms with Crippen LogP contribution in [0.2, 0.25) is 0 Å². The normalized spacial score (nSPS) is 11.7. The number of amides is 1. The fourth-order valence-electron chi connectivity index (χ4n) is 3.49. The molecule has 4 rings (SSSR count). The Morgan fingerprint density at radius 2 is 2.18 bits per heavy atom. The molecule has 0 fully saturated rings. The SMILES string of the molecule is Cc1cc2c(o1)c1cnn(CC(=O)NCCc3ccco3)c(=O)c1n2C(C)C. The number of carbonyl (C=O) groups is 1. The van der Waals surface area contributed by atoms with Crippen molar-refractivity contribution < 1.29 is 13.6 Å². The highest BCUT2D eigenvalue weighted by atomic mass is 16.3. The molecule has 0 aliphatic carbocycles. The van der Waals surface area contributed by atoms with Crippen LogP contribution in [0.5, 0.6) is 0 Å². The third kappa shape index (κ3) is 3.11. The highest BCUT2D eigenvalue weighted by Gasteiger charge is 2.21. The molecule has 0 aromatic carbocycles. The number of carbonyl (C=O) groups excluding carboxylic acids is 1. The second-order valence-electron chi connectivity index (χ2n) is 7.08. The van der Waals surface area contributed by atoms with Gasteiger partial charge in [0.05, 0.1) is 23.4 Å². The molecular weight excluding hydrogens is 360 g/mol. The fourth-order valence-corrected chi connectivity index (χ4v) is 3.49. The first-order chi connectivity index (χ1) is 13.5. The first kappa shape index (κ1) is 18.1. The Morgan fingerprint density at radius 1 is 1.36 bits per heavy atom. The van der Waals surface area contributed by atoms with Crippen LogP contribution in [0.3, 0.4) is 0 Å². The average Bonchev–Trinajstić information content (AvgIpc) is 3.33. The zero-order chi connectivity index (χ0) is 19.8. The van der Waals surface area contributed by atoms with Crippen LogP contribution >= 0.6 is 0 Å². The van der Waals surface area contributed by atoms with Crippen molar-refractivity contribution in [1.82, 2.24) is 19.7 Å². The van der Waals surface area contributed by atoms with Gasteiger partial charge >= 0.3 is 0 Å². The molecule has 0 bridgehead atoms. The van der Waals surface area contributed by atoms with Crippen molar-refractivity contribution in [3.8, 4) is 0 Å². The number of aromatic nitrogens is 3. The number of aryl methyl sites for hydroxylation is 1. The van der Waals surface area contributed by atoms with E-state index < -0.39 is 0 Å². The lowest BCUT2D eigenvalue weighted by molar-refractivity contribution is -0.121. The number of hydrogen-bond donors (Lipinski definition) is 1. The van der Waals surface area contributed by atoms with Gasteiger partial charge in [0.1, 0.15) is 23.6 Å². The van der Waals surface area contributed by atoms with E-state index in [2.05, 4.69) is 10.4 Å². The molecule has 1 amide bonds. The summed E-state index contributed by atoms with van der Waals surface area (Å²) in [6.45, 7) is 6.17. The molecule has 0 unspecified atom stereocenters. The molecule has 0 saturated heterocycles. The van der Waals surface area contributed by atoms with E-state index in [1.807, 2.05) is 37.5 Å². The molecule has 0 aliphatic rings. The van der Waals surface area contributed by atoms with E-state index in [1.54, 1.807) is 18.5 Å². The highest BCUT2D eigenvalue weighted by Crippen LogP contribution is 2.31. The summed E-state index contributed by atoms with van der Waals surface area (Å²) < 4.78 is 14.1. The van der Waals surface area contributed by atoms with Gasteiger partial charge in [-0.25, -0.2) is 4.68 Å². The Balaban J connectivity index is 1.61. The minimum absolute atomic E-state index is 0.0580. The van der Waals surface area contributed by atoms with Crippen LogP contribution in [-0.2, 0) is 17.8 Å². The Kier molecular flexibility index (Phi) is 4.54. The standard InChI is InChI=1S/C20H22N4O4/c1-12(2)24-16-9-13(3)28-19(16)15-10-22-23(20(26)18(15)24)11-17(25)21-7-6-14-5-4-8-27-14/h4-5,8-10,12H,6-7,11H2,1-3H3,(H,21,25). The number of hydrogen-bond acceptors (Lipinski definition) is 5. The quantitative estimate of drug-likeness (QED) is 0.553. The molecule has 0 aliphatic heterocycles. The first-order valence-corrected chi connectivity index (χ1v) is 9.25. The summed E-state index contributed by atoms with van der Waals surface area (Å²) in [4.78, 5) is 25.3. The summed E-state index contributed by atoms with van der Waals surface area (Å²) in [5, 5.41) is 7.64. The third-order valence-electron chi connectivity index (χ3n) is 4.68. The van der Waals surface area contributed by atoms with Crippen molar-refractivity contribution in [2.24, 2.45) is 0 Å². The Bertz CT molecular complexity index is 1190. The van der Waals surface area contributed by atoms with E-state index in [9.17, 15) is 9.59 Å². The molecule has 4 aromatic heterocycles. The molecule has 0 spiro atoms. The summed E-state index contributed by atoms with van der Waals surface area (Å²) in [6.07, 6.45) is 3.78. The molecule has 0 radical (unpaired) electrons. The molecule has 0 saturated carbocycles. The lowest BCUT2D eigenvalue weighted by Crippen LogP contribution is -2.35. The lowest BCUT2D eigenvalue weighted by atomic mass is 10.3. The smallest absolute Gasteiger partial charge is 0.291 e. The molecule has 4 heterocycles. The van der Waals surface area contributed by atoms with Gasteiger partial charge < -0.3 is 18.7 Å². The minimum Gasteiger partial charge on any atom is -0.469 e. The molecule has 146 valence electrons. The van der Waals surface area contributed by atoms with Crippen LogP contribution in [0.25, 0.3) is 22.0 Å². The Hall–Kier alpha value is -3.29. The van der Waals surface area contributed by atoms with Crippen molar-refractivity contribution >= 4 is 27.9 Å². The van der Waals surface area contributed by atoms with E-state index in [0.29, 0.717) is 29.5 Å². The van der Waals surface area contributed by atoms with E-state index in [0.717, 1.165) is 17.0 Å². The molecule has 4 aromatic rings. The van der Waals surface area contributed by atoms with E-state index in [4.69, 9.17) is 8.83 Å². The van der Waals surface area contributed by atoms with Crippen LogP contribution in [0.1, 0.15) is 31.4 Å². The Labute approximate surface area is 160 Å². The monoisotopic (exact) mass is 382 g/mol. The van der Waals surface area contributed by atoms with Gasteiger partial charge in [-0.1, -0.05) is 0 Å². The van der Waals surface area contributed by atoms with E-state index in [1.165, 1.54) is 4.68 Å². The van der Waals surface area contributed by atoms with Crippen molar-refractivity contribution in [2.75, 3.05) is 6.54 Å². The summed E-state index contributed by atoms with van der Waals surface area (Å²) in [7, 11) is 0. The van der Waals surface area contributed by atoms with Gasteiger partial charge in [-0.2, -0.15) is 5.10 Å². The van der Waals surface area contributed by atoms with Crippen molar-refractivity contribution in [2.45, 2.75) is 39.8 Å². The maximum atomic E-state index is 13.0. The largest absolute Gasteiger partial charge is 0.469 e. The molecule has 8 heteroatoms. The second kappa shape index (κ2) is 7.03. The maximum absolute atomic E-state index is 13.0. The van der Waals surface area contributed by atoms with Crippen LogP contribution in [0.4, 0.5) is 0 Å². The predicted octanol–water partition coefficient (Wildman–Crippen LogP) is 2.79. The fraction of sp³-hybridized carbons (Fsp3) is 0.350. The molecule has 1 N–H and O–H groups in total. The van der Waals surface area contributed by atoms with Crippen molar-refractivity contribution in [3.63, 3.8) is 0 Å². The van der Waals surface area contributed by atoms with Crippen LogP contribution in [-0.4, -0.2) is 26.8 Å². The lowest BCUT2D eigenvalue weighted by Gasteiger charge is -2.11. The van der Waals surface area contributed by atoms with Gasteiger partial charge in [-0.3, -0.25) is 9.59 Å². The summed E-state index contributed by atoms with van der Waals surface area (Å²) >= 11 is 0. The number of fused-ring (bicyclic) bond motifs is 3. The van der Waals surface area contributed by atoms with Crippen LogP contribution in [0.15, 0.2) is 44.3 Å². The van der Waals surface area contributed by atoms with Gasteiger partial charge in [0.15, 0.2) is 5.58 Å². The number of furan rings is 2. The minimum atomic E-state index is -0.309. The molecule has 8 nitrogen and oxygen atoms in total. The average molecular weight is 382 g/mol. The van der Waals surface area contributed by atoms with Crippen LogP contribution < -0.4 is 10.9 Å². The third-order valence-corrected chi connectivity index (χ3v) is 4.68. The van der Waals surface area contributed by atoms with E-state index in [-0.39, 0.29) is 24.1 Å². The van der Waals surface area contributed by atoms with Crippen LogP contribution in [0, 0.1) is 6.92 Å². The summed E-state index contributed by atoms with van der Waals surface area (Å²) in [5.41, 5.74) is 1.71. The Morgan fingerprint density at radius 3 is 2.89 bits per heavy atom. The number of nitrogens with zero attached hydrogens (tertiary/aromatic N) is 3. The van der Waals surface area contributed by atoms with Gasteiger partial charge in [-0.05, 0) is 32.9 Å². The zero-order valence-electron chi connectivity index (χ0n) is 16.1. The van der Waals surface area contributed by atoms with Gasteiger partial charge in [0.25, 0.3) is 5.56 Å². The zero-order valence-corrected chi connectivity index (χ0v) is 16.1. The van der Waals surface area contributed by atoms with Gasteiger partial charge in [0.2, 0.25) is 5.91 Å². The van der Waals surface area contributed by atoms with E-state index >= 15 is 0 Å². The summed E-state index contributed by atoms with van der Waals surface area (Å²) in [5.74, 6) is 1.30. The highest BCUT2D eigenvalue weighted by molar-refractivity contribution is 6.04. The summed E-state index contributed by atoms with van der Waals surface area (Å²) in [6, 6.07) is 5.63. The first-order valence-electron chi connectivity index (χ1n) is 9.25. The molecule has 28 heavy (non-hydrogen) atoms. The van der Waals surface area contributed by atoms with Gasteiger partial charge in [-0.15, -0.1) is 0 Å². The van der Waals surface area contributed by atoms with Crippen molar-refractivity contribution in [1.29, 1.82) is 0 Å². The second-order valence-corrected chi connectivity index (χ2v) is 7.08. The predicted molar refractivity (Wildman–Crippen MR) is 104 cm³/mol. The molecular formula is C20H22N4O4. The topological polar surface area (TPSA) is 95.2 Å². The number of rotatable bonds is 6. The van der Waals surface area contributed by atoms with Gasteiger partial charge in [0, 0.05) is 25.1 Å².